The second-order valence-corrected chi connectivity index (χ2v) is 5.29. The van der Waals surface area contributed by atoms with Crippen LogP contribution in [0.2, 0.25) is 0 Å². The van der Waals surface area contributed by atoms with Crippen molar-refractivity contribution in [2.24, 2.45) is 0 Å². The van der Waals surface area contributed by atoms with Gasteiger partial charge < -0.3 is 5.32 Å². The lowest BCUT2D eigenvalue weighted by molar-refractivity contribution is 0.891. The van der Waals surface area contributed by atoms with Gasteiger partial charge in [0.05, 0.1) is 17.3 Å². The predicted octanol–water partition coefficient (Wildman–Crippen LogP) is 3.25. The zero-order valence-electron chi connectivity index (χ0n) is 12.6. The molecular weight excluding hydrogens is 262 g/mol. The van der Waals surface area contributed by atoms with Crippen LogP contribution in [0.3, 0.4) is 0 Å². The van der Waals surface area contributed by atoms with Crippen LogP contribution in [0.4, 0.5) is 5.82 Å². The Morgan fingerprint density at radius 2 is 1.86 bits per heavy atom. The Morgan fingerprint density at radius 3 is 2.57 bits per heavy atom. The molecule has 0 aliphatic rings. The average Bonchev–Trinajstić information content (AvgIpc) is 2.88. The number of fused-ring (bicyclic) bond motifs is 1. The van der Waals surface area contributed by atoms with Gasteiger partial charge in [-0.1, -0.05) is 13.0 Å². The van der Waals surface area contributed by atoms with Crippen molar-refractivity contribution < 1.29 is 0 Å². The summed E-state index contributed by atoms with van der Waals surface area (Å²) in [5, 5.41) is 8.76. The number of aryl methyl sites for hydroxylation is 2. The molecule has 21 heavy (non-hydrogen) atoms. The first kappa shape index (κ1) is 13.5. The molecular formula is C16H19N5. The summed E-state index contributed by atoms with van der Waals surface area (Å²) in [7, 11) is 0. The Balaban J connectivity index is 2.12. The van der Waals surface area contributed by atoms with E-state index < -0.39 is 0 Å². The van der Waals surface area contributed by atoms with E-state index in [2.05, 4.69) is 59.4 Å². The molecule has 0 unspecified atom stereocenters. The first-order valence-electron chi connectivity index (χ1n) is 7.20. The topological polar surface area (TPSA) is 55.6 Å². The first-order chi connectivity index (χ1) is 10.2. The quantitative estimate of drug-likeness (QED) is 0.797. The van der Waals surface area contributed by atoms with Crippen molar-refractivity contribution in [1.82, 2.24) is 19.7 Å². The lowest BCUT2D eigenvalue weighted by Crippen LogP contribution is -2.03. The largest absolute Gasteiger partial charge is 0.369 e. The lowest BCUT2D eigenvalue weighted by Gasteiger charge is -2.07. The van der Waals surface area contributed by atoms with Crippen LogP contribution >= 0.6 is 0 Å². The first-order valence-corrected chi connectivity index (χ1v) is 7.20. The summed E-state index contributed by atoms with van der Waals surface area (Å²) in [6, 6.07) is 6.37. The summed E-state index contributed by atoms with van der Waals surface area (Å²) in [6.45, 7) is 7.20. The van der Waals surface area contributed by atoms with Gasteiger partial charge in [-0.05, 0) is 43.5 Å². The number of hydrogen-bond donors (Lipinski definition) is 1. The summed E-state index contributed by atoms with van der Waals surface area (Å²) < 4.78 is 1.87. The number of aromatic nitrogens is 4. The maximum atomic E-state index is 4.49. The summed E-state index contributed by atoms with van der Waals surface area (Å²) in [5.74, 6) is 0.845. The van der Waals surface area contributed by atoms with Crippen LogP contribution in [0.1, 0.15) is 24.5 Å². The summed E-state index contributed by atoms with van der Waals surface area (Å²) in [6.07, 6.45) is 4.46. The van der Waals surface area contributed by atoms with E-state index in [0.717, 1.165) is 35.5 Å². The minimum absolute atomic E-state index is 0.827. The molecule has 0 aliphatic heterocycles. The van der Waals surface area contributed by atoms with Gasteiger partial charge in [0.1, 0.15) is 12.1 Å². The van der Waals surface area contributed by atoms with Crippen molar-refractivity contribution in [3.05, 3.63) is 41.9 Å². The Morgan fingerprint density at radius 1 is 1.10 bits per heavy atom. The van der Waals surface area contributed by atoms with Gasteiger partial charge >= 0.3 is 0 Å². The van der Waals surface area contributed by atoms with Gasteiger partial charge in [-0.15, -0.1) is 0 Å². The smallest absolute Gasteiger partial charge is 0.168 e. The van der Waals surface area contributed by atoms with E-state index >= 15 is 0 Å². The molecule has 0 fully saturated rings. The standard InChI is InChI=1S/C16H19N5/c1-4-5-17-15-14-9-20-21(16(14)19-10-18-15)13-7-11(2)6-12(3)8-13/h6-10H,4-5H2,1-3H3,(H,17,18,19). The van der Waals surface area contributed by atoms with E-state index in [-0.39, 0.29) is 0 Å². The summed E-state index contributed by atoms with van der Waals surface area (Å²) in [4.78, 5) is 8.71. The van der Waals surface area contributed by atoms with Crippen molar-refractivity contribution in [3.63, 3.8) is 0 Å². The molecule has 0 amide bonds. The molecule has 108 valence electrons. The van der Waals surface area contributed by atoms with E-state index in [1.54, 1.807) is 6.33 Å². The molecule has 5 nitrogen and oxygen atoms in total. The molecule has 1 aromatic carbocycles. The van der Waals surface area contributed by atoms with Crippen LogP contribution in [0, 0.1) is 13.8 Å². The number of hydrogen-bond acceptors (Lipinski definition) is 4. The van der Waals surface area contributed by atoms with E-state index in [4.69, 9.17) is 0 Å². The third kappa shape index (κ3) is 2.59. The highest BCUT2D eigenvalue weighted by Gasteiger charge is 2.11. The molecule has 0 radical (unpaired) electrons. The number of nitrogens with one attached hydrogen (secondary N) is 1. The van der Waals surface area contributed by atoms with E-state index in [1.165, 1.54) is 11.1 Å². The van der Waals surface area contributed by atoms with Crippen molar-refractivity contribution in [1.29, 1.82) is 0 Å². The fourth-order valence-electron chi connectivity index (χ4n) is 2.49. The van der Waals surface area contributed by atoms with Crippen LogP contribution in [-0.2, 0) is 0 Å². The summed E-state index contributed by atoms with van der Waals surface area (Å²) >= 11 is 0. The lowest BCUT2D eigenvalue weighted by atomic mass is 10.1. The van der Waals surface area contributed by atoms with E-state index in [1.807, 2.05) is 10.9 Å². The van der Waals surface area contributed by atoms with Gasteiger partial charge in [-0.25, -0.2) is 14.6 Å². The van der Waals surface area contributed by atoms with Crippen molar-refractivity contribution in [2.45, 2.75) is 27.2 Å². The van der Waals surface area contributed by atoms with Crippen LogP contribution in [0.25, 0.3) is 16.7 Å². The highest BCUT2D eigenvalue weighted by atomic mass is 15.3. The third-order valence-electron chi connectivity index (χ3n) is 3.36. The van der Waals surface area contributed by atoms with Crippen LogP contribution in [-0.4, -0.2) is 26.3 Å². The van der Waals surface area contributed by atoms with Gasteiger partial charge in [0.2, 0.25) is 0 Å². The maximum Gasteiger partial charge on any atom is 0.168 e. The Bertz CT molecular complexity index is 755. The van der Waals surface area contributed by atoms with Crippen LogP contribution in [0.5, 0.6) is 0 Å². The number of rotatable bonds is 4. The molecule has 0 atom stereocenters. The van der Waals surface area contributed by atoms with Crippen LogP contribution in [0.15, 0.2) is 30.7 Å². The van der Waals surface area contributed by atoms with Gasteiger partial charge in [-0.2, -0.15) is 5.10 Å². The Kier molecular flexibility index (Phi) is 3.56. The van der Waals surface area contributed by atoms with E-state index in [0.29, 0.717) is 0 Å². The second kappa shape index (κ2) is 5.52. The Labute approximate surface area is 124 Å². The van der Waals surface area contributed by atoms with Gasteiger partial charge in [-0.3, -0.25) is 0 Å². The second-order valence-electron chi connectivity index (χ2n) is 5.29. The molecule has 2 aromatic heterocycles. The number of anilines is 1. The third-order valence-corrected chi connectivity index (χ3v) is 3.36. The minimum Gasteiger partial charge on any atom is -0.369 e. The summed E-state index contributed by atoms with van der Waals surface area (Å²) in [5.41, 5.74) is 4.29. The molecule has 0 spiro atoms. The van der Waals surface area contributed by atoms with Crippen molar-refractivity contribution in [2.75, 3.05) is 11.9 Å². The molecule has 0 saturated carbocycles. The highest BCUT2D eigenvalue weighted by molar-refractivity contribution is 5.87. The normalized spacial score (nSPS) is 11.0. The zero-order valence-corrected chi connectivity index (χ0v) is 12.6. The van der Waals surface area contributed by atoms with Gasteiger partial charge in [0.15, 0.2) is 5.65 Å². The van der Waals surface area contributed by atoms with E-state index in [9.17, 15) is 0 Å². The molecule has 3 aromatic rings. The Hall–Kier alpha value is -2.43. The molecule has 0 saturated heterocycles. The molecule has 0 bridgehead atoms. The average molecular weight is 281 g/mol. The number of nitrogens with zero attached hydrogens (tertiary/aromatic N) is 4. The zero-order chi connectivity index (χ0) is 14.8. The van der Waals surface area contributed by atoms with Crippen LogP contribution < -0.4 is 5.32 Å². The molecule has 0 aliphatic carbocycles. The molecule has 2 heterocycles. The number of benzene rings is 1. The fourth-order valence-corrected chi connectivity index (χ4v) is 2.49. The molecule has 1 N–H and O–H groups in total. The monoisotopic (exact) mass is 281 g/mol. The van der Waals surface area contributed by atoms with Gasteiger partial charge in [0, 0.05) is 6.54 Å². The SMILES string of the molecule is CCCNc1ncnc2c1cnn2-c1cc(C)cc(C)c1. The van der Waals surface area contributed by atoms with Crippen molar-refractivity contribution >= 4 is 16.9 Å². The minimum atomic E-state index is 0.827. The maximum absolute atomic E-state index is 4.49. The molecule has 5 heteroatoms. The van der Waals surface area contributed by atoms with Crippen molar-refractivity contribution in [3.8, 4) is 5.69 Å². The molecule has 3 rings (SSSR count). The fraction of sp³-hybridized carbons (Fsp3) is 0.312. The highest BCUT2D eigenvalue weighted by Crippen LogP contribution is 2.22. The predicted molar refractivity (Wildman–Crippen MR) is 84.9 cm³/mol. The van der Waals surface area contributed by atoms with Gasteiger partial charge in [0.25, 0.3) is 0 Å².